The molecular weight excluding hydrogens is 408 g/mol. The van der Waals surface area contributed by atoms with Crippen molar-refractivity contribution in [3.63, 3.8) is 0 Å². The second-order valence-electron chi connectivity index (χ2n) is 7.51. The smallest absolute Gasteiger partial charge is 0.319 e. The fourth-order valence-electron chi connectivity index (χ4n) is 3.42. The fraction of sp³-hybridized carbons (Fsp3) is 0.250. The Bertz CT molecular complexity index is 1030. The molecule has 0 spiro atoms. The first-order valence-corrected chi connectivity index (χ1v) is 10.5. The number of nitrogens with one attached hydrogen (secondary N) is 3. The summed E-state index contributed by atoms with van der Waals surface area (Å²) in [7, 11) is 0. The molecule has 8 nitrogen and oxygen atoms in total. The zero-order valence-corrected chi connectivity index (χ0v) is 17.7. The highest BCUT2D eigenvalue weighted by Gasteiger charge is 2.12. The lowest BCUT2D eigenvalue weighted by molar-refractivity contribution is 0.0342. The van der Waals surface area contributed by atoms with Crippen molar-refractivity contribution in [2.45, 2.75) is 13.1 Å². The Kier molecular flexibility index (Phi) is 7.16. The third kappa shape index (κ3) is 6.19. The molecule has 0 radical (unpaired) electrons. The van der Waals surface area contributed by atoms with Gasteiger partial charge in [-0.1, -0.05) is 12.1 Å². The maximum atomic E-state index is 12.7. The van der Waals surface area contributed by atoms with E-state index in [4.69, 9.17) is 9.15 Å². The van der Waals surface area contributed by atoms with Gasteiger partial charge in [0.15, 0.2) is 0 Å². The molecule has 0 bridgehead atoms. The van der Waals surface area contributed by atoms with Gasteiger partial charge in [-0.25, -0.2) is 4.79 Å². The van der Waals surface area contributed by atoms with Crippen molar-refractivity contribution in [3.05, 3.63) is 83.8 Å². The van der Waals surface area contributed by atoms with E-state index in [0.29, 0.717) is 29.2 Å². The monoisotopic (exact) mass is 434 g/mol. The number of furan rings is 1. The number of benzene rings is 2. The van der Waals surface area contributed by atoms with Gasteiger partial charge in [0.2, 0.25) is 0 Å². The number of urea groups is 1. The number of rotatable bonds is 7. The van der Waals surface area contributed by atoms with Gasteiger partial charge in [-0.05, 0) is 54.1 Å². The van der Waals surface area contributed by atoms with Gasteiger partial charge in [-0.2, -0.15) is 0 Å². The van der Waals surface area contributed by atoms with E-state index in [0.717, 1.165) is 38.4 Å². The minimum atomic E-state index is -0.338. The third-order valence-electron chi connectivity index (χ3n) is 5.10. The summed E-state index contributed by atoms with van der Waals surface area (Å²) in [5.74, 6) is 0.498. The summed E-state index contributed by atoms with van der Waals surface area (Å²) >= 11 is 0. The van der Waals surface area contributed by atoms with Crippen LogP contribution in [-0.2, 0) is 17.8 Å². The van der Waals surface area contributed by atoms with Crippen LogP contribution in [0.2, 0.25) is 0 Å². The molecular formula is C24H26N4O4. The zero-order valence-electron chi connectivity index (χ0n) is 17.7. The van der Waals surface area contributed by atoms with Crippen LogP contribution in [0.5, 0.6) is 0 Å². The van der Waals surface area contributed by atoms with Crippen LogP contribution >= 0.6 is 0 Å². The van der Waals surface area contributed by atoms with Gasteiger partial charge < -0.3 is 25.1 Å². The van der Waals surface area contributed by atoms with Crippen molar-refractivity contribution in [2.75, 3.05) is 36.9 Å². The fourth-order valence-corrected chi connectivity index (χ4v) is 3.42. The van der Waals surface area contributed by atoms with Crippen LogP contribution < -0.4 is 16.0 Å². The molecule has 32 heavy (non-hydrogen) atoms. The second kappa shape index (κ2) is 10.6. The van der Waals surface area contributed by atoms with E-state index >= 15 is 0 Å². The zero-order chi connectivity index (χ0) is 22.2. The summed E-state index contributed by atoms with van der Waals surface area (Å²) < 4.78 is 10.6. The molecule has 3 N–H and O–H groups in total. The van der Waals surface area contributed by atoms with Crippen LogP contribution in [0.25, 0.3) is 0 Å². The van der Waals surface area contributed by atoms with Crippen LogP contribution in [0.3, 0.4) is 0 Å². The van der Waals surface area contributed by atoms with Gasteiger partial charge >= 0.3 is 6.03 Å². The van der Waals surface area contributed by atoms with Gasteiger partial charge in [0, 0.05) is 36.6 Å². The average Bonchev–Trinajstić information content (AvgIpc) is 3.34. The minimum absolute atomic E-state index is 0.175. The van der Waals surface area contributed by atoms with Crippen LogP contribution in [0.4, 0.5) is 16.2 Å². The first kappa shape index (κ1) is 21.6. The van der Waals surface area contributed by atoms with E-state index in [2.05, 4.69) is 20.9 Å². The summed E-state index contributed by atoms with van der Waals surface area (Å²) in [5.41, 5.74) is 2.97. The number of morpholine rings is 1. The van der Waals surface area contributed by atoms with Gasteiger partial charge in [0.1, 0.15) is 5.76 Å². The lowest BCUT2D eigenvalue weighted by Crippen LogP contribution is -2.35. The average molecular weight is 434 g/mol. The minimum Gasteiger partial charge on any atom is -0.467 e. The highest BCUT2D eigenvalue weighted by atomic mass is 16.5. The first-order chi connectivity index (χ1) is 15.7. The van der Waals surface area contributed by atoms with Gasteiger partial charge in [-0.3, -0.25) is 9.69 Å². The maximum absolute atomic E-state index is 12.7. The first-order valence-electron chi connectivity index (χ1n) is 10.5. The van der Waals surface area contributed by atoms with Crippen LogP contribution in [0.1, 0.15) is 21.7 Å². The molecule has 2 heterocycles. The SMILES string of the molecule is O=C(NCc1ccco1)Nc1ccc(NC(=O)c2cccc(CN3CCOCC3)c2)cc1. The molecule has 1 aliphatic heterocycles. The van der Waals surface area contributed by atoms with E-state index in [1.807, 2.05) is 18.2 Å². The summed E-state index contributed by atoms with van der Waals surface area (Å²) in [5, 5.41) is 8.36. The topological polar surface area (TPSA) is 95.8 Å². The number of hydrogen-bond donors (Lipinski definition) is 3. The molecule has 4 rings (SSSR count). The summed E-state index contributed by atoms with van der Waals surface area (Å²) in [6.07, 6.45) is 1.56. The van der Waals surface area contributed by atoms with Crippen molar-refractivity contribution in [1.29, 1.82) is 0 Å². The molecule has 1 fully saturated rings. The van der Waals surface area contributed by atoms with E-state index < -0.39 is 0 Å². The van der Waals surface area contributed by atoms with E-state index in [-0.39, 0.29) is 11.9 Å². The Labute approximate surface area is 186 Å². The van der Waals surface area contributed by atoms with Gasteiger partial charge in [-0.15, -0.1) is 0 Å². The van der Waals surface area contributed by atoms with E-state index in [9.17, 15) is 9.59 Å². The van der Waals surface area contributed by atoms with E-state index in [1.54, 1.807) is 48.7 Å². The summed E-state index contributed by atoms with van der Waals surface area (Å²) in [4.78, 5) is 27.0. The van der Waals surface area contributed by atoms with Crippen LogP contribution in [-0.4, -0.2) is 43.1 Å². The number of hydrogen-bond acceptors (Lipinski definition) is 5. The molecule has 3 amide bonds. The molecule has 0 unspecified atom stereocenters. The molecule has 0 atom stereocenters. The van der Waals surface area contributed by atoms with Crippen LogP contribution in [0.15, 0.2) is 71.3 Å². The molecule has 1 saturated heterocycles. The lowest BCUT2D eigenvalue weighted by Gasteiger charge is -2.26. The Morgan fingerprint density at radius 3 is 2.38 bits per heavy atom. The molecule has 1 aliphatic rings. The standard InChI is InChI=1S/C24H26N4O4/c29-23(19-4-1-3-18(15-19)17-28-10-13-31-14-11-28)26-20-6-8-21(9-7-20)27-24(30)25-16-22-5-2-12-32-22/h1-9,12,15H,10-11,13-14,16-17H2,(H,26,29)(H2,25,27,30). The van der Waals surface area contributed by atoms with Crippen molar-refractivity contribution < 1.29 is 18.7 Å². The number of ether oxygens (including phenoxy) is 1. The molecule has 0 saturated carbocycles. The van der Waals surface area contributed by atoms with Crippen LogP contribution in [0, 0.1) is 0 Å². The predicted octanol–water partition coefficient (Wildman–Crippen LogP) is 3.69. The molecule has 8 heteroatoms. The Balaban J connectivity index is 1.28. The number of carbonyl (C=O) groups excluding carboxylic acids is 2. The lowest BCUT2D eigenvalue weighted by atomic mass is 10.1. The Hall–Kier alpha value is -3.62. The van der Waals surface area contributed by atoms with Crippen molar-refractivity contribution in [2.24, 2.45) is 0 Å². The third-order valence-corrected chi connectivity index (χ3v) is 5.10. The quantitative estimate of drug-likeness (QED) is 0.527. The summed E-state index contributed by atoms with van der Waals surface area (Å²) in [6.45, 7) is 4.40. The molecule has 1 aromatic heterocycles. The van der Waals surface area contributed by atoms with Crippen molar-refractivity contribution in [3.8, 4) is 0 Å². The molecule has 0 aliphatic carbocycles. The molecule has 3 aromatic rings. The number of carbonyl (C=O) groups is 2. The Morgan fingerprint density at radius 1 is 0.906 bits per heavy atom. The largest absolute Gasteiger partial charge is 0.467 e. The van der Waals surface area contributed by atoms with Gasteiger partial charge in [0.05, 0.1) is 26.0 Å². The van der Waals surface area contributed by atoms with Crippen molar-refractivity contribution in [1.82, 2.24) is 10.2 Å². The highest BCUT2D eigenvalue weighted by molar-refractivity contribution is 6.04. The normalized spacial score (nSPS) is 14.0. The van der Waals surface area contributed by atoms with E-state index in [1.165, 1.54) is 0 Å². The molecule has 166 valence electrons. The summed E-state index contributed by atoms with van der Waals surface area (Å²) in [6, 6.07) is 17.8. The highest BCUT2D eigenvalue weighted by Crippen LogP contribution is 2.16. The van der Waals surface area contributed by atoms with Crippen molar-refractivity contribution >= 4 is 23.3 Å². The van der Waals surface area contributed by atoms with Gasteiger partial charge in [0.25, 0.3) is 5.91 Å². The molecule has 2 aromatic carbocycles. The number of anilines is 2. The predicted molar refractivity (Wildman–Crippen MR) is 121 cm³/mol. The Morgan fingerprint density at radius 2 is 1.66 bits per heavy atom. The maximum Gasteiger partial charge on any atom is 0.319 e. The number of nitrogens with zero attached hydrogens (tertiary/aromatic N) is 1. The second-order valence-corrected chi connectivity index (χ2v) is 7.51. The number of amides is 3.